The topological polar surface area (TPSA) is 59.5 Å². The molecule has 0 aromatic carbocycles. The molecule has 1 heterocycles. The summed E-state index contributed by atoms with van der Waals surface area (Å²) in [7, 11) is 1.32. The van der Waals surface area contributed by atoms with Crippen molar-refractivity contribution in [1.29, 1.82) is 0 Å². The highest BCUT2D eigenvalue weighted by molar-refractivity contribution is 6.33. The van der Waals surface area contributed by atoms with E-state index in [0.717, 1.165) is 31.4 Å². The first kappa shape index (κ1) is 15.8. The number of hydrogen-bond acceptors (Lipinski definition) is 4. The number of methoxy groups -OCH3 is 1. The standard InChI is InChI=1S/C15H19ClN2O3/c1-10-7-13(16)12(8-17-10)15(20)18(9-14(19)21-2)11-5-3-4-6-11/h7-8,11H,3-6,9H2,1-2H3. The first-order chi connectivity index (χ1) is 10.0. The van der Waals surface area contributed by atoms with Gasteiger partial charge in [-0.2, -0.15) is 0 Å². The molecule has 0 aliphatic heterocycles. The fourth-order valence-corrected chi connectivity index (χ4v) is 2.91. The monoisotopic (exact) mass is 310 g/mol. The zero-order valence-corrected chi connectivity index (χ0v) is 13.0. The van der Waals surface area contributed by atoms with Gasteiger partial charge in [0.15, 0.2) is 0 Å². The average molecular weight is 311 g/mol. The first-order valence-electron chi connectivity index (χ1n) is 7.03. The third-order valence-corrected chi connectivity index (χ3v) is 4.09. The Morgan fingerprint density at radius 3 is 2.67 bits per heavy atom. The quantitative estimate of drug-likeness (QED) is 0.802. The number of esters is 1. The highest BCUT2D eigenvalue weighted by Gasteiger charge is 2.30. The van der Waals surface area contributed by atoms with Crippen LogP contribution in [0.5, 0.6) is 0 Å². The van der Waals surface area contributed by atoms with Crippen molar-refractivity contribution in [2.75, 3.05) is 13.7 Å². The Morgan fingerprint density at radius 2 is 2.10 bits per heavy atom. The van der Waals surface area contributed by atoms with Crippen molar-refractivity contribution in [2.24, 2.45) is 0 Å². The van der Waals surface area contributed by atoms with Crippen molar-refractivity contribution in [3.8, 4) is 0 Å². The van der Waals surface area contributed by atoms with Crippen LogP contribution in [0.15, 0.2) is 12.3 Å². The summed E-state index contributed by atoms with van der Waals surface area (Å²) in [5.41, 5.74) is 1.08. The van der Waals surface area contributed by atoms with E-state index >= 15 is 0 Å². The van der Waals surface area contributed by atoms with Crippen molar-refractivity contribution in [2.45, 2.75) is 38.6 Å². The lowest BCUT2D eigenvalue weighted by molar-refractivity contribution is -0.141. The summed E-state index contributed by atoms with van der Waals surface area (Å²) < 4.78 is 4.69. The molecule has 1 amide bonds. The summed E-state index contributed by atoms with van der Waals surface area (Å²) in [5.74, 6) is -0.684. The van der Waals surface area contributed by atoms with Crippen LogP contribution in [0.25, 0.3) is 0 Å². The van der Waals surface area contributed by atoms with Crippen molar-refractivity contribution < 1.29 is 14.3 Å². The van der Waals surface area contributed by atoms with Crippen LogP contribution in [0, 0.1) is 6.92 Å². The Balaban J connectivity index is 2.26. The van der Waals surface area contributed by atoms with E-state index in [0.29, 0.717) is 10.6 Å². The van der Waals surface area contributed by atoms with E-state index in [1.807, 2.05) is 6.92 Å². The minimum absolute atomic E-state index is 0.0514. The second-order valence-electron chi connectivity index (χ2n) is 5.25. The Hall–Kier alpha value is -1.62. The van der Waals surface area contributed by atoms with Gasteiger partial charge in [0.05, 0.1) is 17.7 Å². The molecule has 1 saturated carbocycles. The van der Waals surface area contributed by atoms with Gasteiger partial charge in [-0.3, -0.25) is 14.6 Å². The van der Waals surface area contributed by atoms with Gasteiger partial charge in [0, 0.05) is 17.9 Å². The Kier molecular flexibility index (Phi) is 5.17. The highest BCUT2D eigenvalue weighted by atomic mass is 35.5. The van der Waals surface area contributed by atoms with Crippen LogP contribution in [-0.4, -0.2) is 41.5 Å². The van der Waals surface area contributed by atoms with Gasteiger partial charge in [-0.25, -0.2) is 0 Å². The number of halogens is 1. The Morgan fingerprint density at radius 1 is 1.43 bits per heavy atom. The Labute approximate surface area is 129 Å². The fraction of sp³-hybridized carbons (Fsp3) is 0.533. The number of carbonyl (C=O) groups is 2. The fourth-order valence-electron chi connectivity index (χ4n) is 2.62. The second kappa shape index (κ2) is 6.89. The molecule has 0 atom stereocenters. The number of nitrogens with zero attached hydrogens (tertiary/aromatic N) is 2. The first-order valence-corrected chi connectivity index (χ1v) is 7.40. The molecule has 1 aliphatic rings. The van der Waals surface area contributed by atoms with Crippen molar-refractivity contribution in [3.63, 3.8) is 0 Å². The third-order valence-electron chi connectivity index (χ3n) is 3.77. The molecule has 0 unspecified atom stereocenters. The molecule has 1 aliphatic carbocycles. The van der Waals surface area contributed by atoms with Crippen molar-refractivity contribution in [3.05, 3.63) is 28.5 Å². The van der Waals surface area contributed by atoms with Crippen molar-refractivity contribution >= 4 is 23.5 Å². The molecule has 0 saturated heterocycles. The number of amides is 1. The van der Waals surface area contributed by atoms with Gasteiger partial charge in [-0.15, -0.1) is 0 Å². The van der Waals surface area contributed by atoms with Crippen LogP contribution in [0.1, 0.15) is 41.7 Å². The summed E-state index contributed by atoms with van der Waals surface area (Å²) in [5, 5.41) is 0.361. The smallest absolute Gasteiger partial charge is 0.325 e. The van der Waals surface area contributed by atoms with Gasteiger partial charge >= 0.3 is 5.97 Å². The summed E-state index contributed by atoms with van der Waals surface area (Å²) in [4.78, 5) is 30.0. The summed E-state index contributed by atoms with van der Waals surface area (Å²) in [6, 6.07) is 1.72. The molecule has 0 N–H and O–H groups in total. The molecule has 6 heteroatoms. The van der Waals surface area contributed by atoms with E-state index in [-0.39, 0.29) is 18.5 Å². The molecular formula is C15H19ClN2O3. The lowest BCUT2D eigenvalue weighted by Gasteiger charge is -2.28. The van der Waals surface area contributed by atoms with Gasteiger partial charge in [0.1, 0.15) is 6.54 Å². The number of aromatic nitrogens is 1. The lowest BCUT2D eigenvalue weighted by Crippen LogP contribution is -2.42. The average Bonchev–Trinajstić information content (AvgIpc) is 2.97. The molecule has 1 aromatic heterocycles. The van der Waals surface area contributed by atoms with Gasteiger partial charge < -0.3 is 9.64 Å². The number of aryl methyl sites for hydroxylation is 1. The van der Waals surface area contributed by atoms with E-state index in [2.05, 4.69) is 4.98 Å². The number of rotatable bonds is 4. The van der Waals surface area contributed by atoms with Crippen LogP contribution in [0.2, 0.25) is 5.02 Å². The largest absolute Gasteiger partial charge is 0.468 e. The molecule has 21 heavy (non-hydrogen) atoms. The van der Waals surface area contributed by atoms with Gasteiger partial charge in [0.25, 0.3) is 5.91 Å². The maximum atomic E-state index is 12.7. The maximum Gasteiger partial charge on any atom is 0.325 e. The normalized spacial score (nSPS) is 15.0. The van der Waals surface area contributed by atoms with Gasteiger partial charge in [-0.1, -0.05) is 24.4 Å². The molecule has 114 valence electrons. The van der Waals surface area contributed by atoms with Crippen LogP contribution >= 0.6 is 11.6 Å². The predicted octanol–water partition coefficient (Wildman–Crippen LogP) is 2.60. The summed E-state index contributed by atoms with van der Waals surface area (Å²) >= 11 is 6.14. The molecule has 1 aromatic rings. The molecule has 1 fully saturated rings. The van der Waals surface area contributed by atoms with E-state index in [4.69, 9.17) is 16.3 Å². The van der Waals surface area contributed by atoms with Crippen molar-refractivity contribution in [1.82, 2.24) is 9.88 Å². The molecular weight excluding hydrogens is 292 g/mol. The summed E-state index contributed by atoms with van der Waals surface area (Å²) in [6.07, 6.45) is 5.41. The molecule has 2 rings (SSSR count). The van der Waals surface area contributed by atoms with Crippen LogP contribution in [-0.2, 0) is 9.53 Å². The SMILES string of the molecule is COC(=O)CN(C(=O)c1cnc(C)cc1Cl)C1CCCC1. The maximum absolute atomic E-state index is 12.7. The van der Waals surface area contributed by atoms with Crippen LogP contribution < -0.4 is 0 Å². The van der Waals surface area contributed by atoms with Crippen LogP contribution in [0.4, 0.5) is 0 Å². The zero-order chi connectivity index (χ0) is 15.4. The predicted molar refractivity (Wildman–Crippen MR) is 79.3 cm³/mol. The van der Waals surface area contributed by atoms with E-state index < -0.39 is 5.97 Å². The minimum Gasteiger partial charge on any atom is -0.468 e. The third kappa shape index (κ3) is 3.73. The second-order valence-corrected chi connectivity index (χ2v) is 5.66. The molecule has 0 spiro atoms. The van der Waals surface area contributed by atoms with Gasteiger partial charge in [0.2, 0.25) is 0 Å². The Bertz CT molecular complexity index is 542. The summed E-state index contributed by atoms with van der Waals surface area (Å²) in [6.45, 7) is 1.76. The molecule has 0 radical (unpaired) electrons. The van der Waals surface area contributed by atoms with E-state index in [9.17, 15) is 9.59 Å². The minimum atomic E-state index is -0.425. The highest BCUT2D eigenvalue weighted by Crippen LogP contribution is 2.26. The number of hydrogen-bond donors (Lipinski definition) is 0. The number of carbonyl (C=O) groups excluding carboxylic acids is 2. The van der Waals surface area contributed by atoms with Gasteiger partial charge in [-0.05, 0) is 25.8 Å². The lowest BCUT2D eigenvalue weighted by atomic mass is 10.1. The molecule has 5 nitrogen and oxygen atoms in total. The van der Waals surface area contributed by atoms with E-state index in [1.54, 1.807) is 11.0 Å². The number of pyridine rings is 1. The van der Waals surface area contributed by atoms with Crippen LogP contribution in [0.3, 0.4) is 0 Å². The van der Waals surface area contributed by atoms with E-state index in [1.165, 1.54) is 13.3 Å². The zero-order valence-electron chi connectivity index (χ0n) is 12.3. The number of ether oxygens (including phenoxy) is 1. The molecule has 0 bridgehead atoms.